The summed E-state index contributed by atoms with van der Waals surface area (Å²) in [6, 6.07) is 6.56. The van der Waals surface area contributed by atoms with Crippen LogP contribution in [0.25, 0.3) is 0 Å². The van der Waals surface area contributed by atoms with Crippen LogP contribution < -0.4 is 5.32 Å². The zero-order valence-corrected chi connectivity index (χ0v) is 13.9. The maximum atomic E-state index is 12.3. The van der Waals surface area contributed by atoms with E-state index < -0.39 is 11.9 Å². The second-order valence-corrected chi connectivity index (χ2v) is 5.52. The fourth-order valence-corrected chi connectivity index (χ4v) is 2.55. The van der Waals surface area contributed by atoms with E-state index in [2.05, 4.69) is 5.32 Å². The van der Waals surface area contributed by atoms with Crippen LogP contribution in [0.1, 0.15) is 23.7 Å². The molecule has 24 heavy (non-hydrogen) atoms. The van der Waals surface area contributed by atoms with Gasteiger partial charge in [0, 0.05) is 32.3 Å². The van der Waals surface area contributed by atoms with Crippen molar-refractivity contribution >= 4 is 23.5 Å². The molecular formula is C17H22N2O5. The molecule has 1 N–H and O–H groups in total. The van der Waals surface area contributed by atoms with Crippen LogP contribution in [-0.4, -0.2) is 56.1 Å². The molecule has 0 aliphatic carbocycles. The van der Waals surface area contributed by atoms with Crippen molar-refractivity contribution < 1.29 is 23.9 Å². The van der Waals surface area contributed by atoms with Crippen LogP contribution in [0.4, 0.5) is 5.69 Å². The molecule has 1 atom stereocenters. The Balaban J connectivity index is 1.96. The fourth-order valence-electron chi connectivity index (χ4n) is 2.55. The summed E-state index contributed by atoms with van der Waals surface area (Å²) in [6.45, 7) is 3.33. The van der Waals surface area contributed by atoms with Crippen LogP contribution in [0, 0.1) is 5.92 Å². The van der Waals surface area contributed by atoms with Crippen LogP contribution in [0.2, 0.25) is 0 Å². The Hall–Kier alpha value is -2.41. The lowest BCUT2D eigenvalue weighted by Crippen LogP contribution is -2.30. The molecule has 1 heterocycles. The first-order chi connectivity index (χ1) is 11.5. The smallest absolute Gasteiger partial charge is 0.338 e. The quantitative estimate of drug-likeness (QED) is 0.760. The number of anilines is 1. The Morgan fingerprint density at radius 3 is 2.88 bits per heavy atom. The highest BCUT2D eigenvalue weighted by Crippen LogP contribution is 2.20. The lowest BCUT2D eigenvalue weighted by atomic mass is 10.1. The summed E-state index contributed by atoms with van der Waals surface area (Å²) in [6.07, 6.45) is 0.188. The molecule has 1 saturated heterocycles. The van der Waals surface area contributed by atoms with Gasteiger partial charge in [-0.15, -0.1) is 0 Å². The van der Waals surface area contributed by atoms with Crippen LogP contribution in [0.5, 0.6) is 0 Å². The first kappa shape index (κ1) is 17.9. The highest BCUT2D eigenvalue weighted by molar-refractivity contribution is 5.98. The number of methoxy groups -OCH3 is 1. The molecule has 0 aromatic heterocycles. The van der Waals surface area contributed by atoms with E-state index in [0.717, 1.165) is 0 Å². The van der Waals surface area contributed by atoms with Gasteiger partial charge in [0.2, 0.25) is 11.8 Å². The van der Waals surface area contributed by atoms with Gasteiger partial charge in [0.05, 0.1) is 24.7 Å². The molecule has 2 amide bonds. The average molecular weight is 334 g/mol. The minimum atomic E-state index is -0.435. The van der Waals surface area contributed by atoms with Crippen LogP contribution in [-0.2, 0) is 19.1 Å². The second kappa shape index (κ2) is 8.44. The number of rotatable bonds is 7. The van der Waals surface area contributed by atoms with Crippen molar-refractivity contribution in [2.24, 2.45) is 5.92 Å². The van der Waals surface area contributed by atoms with Gasteiger partial charge in [0.1, 0.15) is 0 Å². The molecule has 1 aliphatic heterocycles. The van der Waals surface area contributed by atoms with Crippen molar-refractivity contribution in [3.05, 3.63) is 29.8 Å². The van der Waals surface area contributed by atoms with Crippen molar-refractivity contribution in [3.8, 4) is 0 Å². The minimum absolute atomic E-state index is 0.0486. The van der Waals surface area contributed by atoms with Crippen LogP contribution >= 0.6 is 0 Å². The number of carbonyl (C=O) groups excluding carboxylic acids is 3. The number of likely N-dealkylation sites (tertiary alicyclic amines) is 1. The Labute approximate surface area is 140 Å². The van der Waals surface area contributed by atoms with Gasteiger partial charge < -0.3 is 19.7 Å². The number of nitrogens with one attached hydrogen (secondary N) is 1. The SMILES string of the molecule is CCOC(=O)c1cccc(NC(=O)C2CC(=O)N(CCOC)C2)c1. The highest BCUT2D eigenvalue weighted by Gasteiger charge is 2.34. The first-order valence-corrected chi connectivity index (χ1v) is 7.90. The van der Waals surface area contributed by atoms with Gasteiger partial charge in [-0.3, -0.25) is 9.59 Å². The van der Waals surface area contributed by atoms with Crippen LogP contribution in [0.3, 0.4) is 0 Å². The molecule has 1 aliphatic rings. The summed E-state index contributed by atoms with van der Waals surface area (Å²) in [4.78, 5) is 37.6. The molecule has 1 fully saturated rings. The molecule has 2 rings (SSSR count). The third kappa shape index (κ3) is 4.55. The third-order valence-corrected chi connectivity index (χ3v) is 3.79. The highest BCUT2D eigenvalue weighted by atomic mass is 16.5. The second-order valence-electron chi connectivity index (χ2n) is 5.52. The van der Waals surface area contributed by atoms with E-state index in [-0.39, 0.29) is 24.8 Å². The standard InChI is InChI=1S/C17H22N2O5/c1-3-24-17(22)12-5-4-6-14(9-12)18-16(21)13-10-15(20)19(11-13)7-8-23-2/h4-6,9,13H,3,7-8,10-11H2,1-2H3,(H,18,21). The van der Waals surface area contributed by atoms with E-state index in [1.807, 2.05) is 0 Å². The lowest BCUT2D eigenvalue weighted by molar-refractivity contribution is -0.128. The Bertz CT molecular complexity index is 617. The summed E-state index contributed by atoms with van der Waals surface area (Å²) in [5.41, 5.74) is 0.882. The molecule has 7 heteroatoms. The normalized spacial score (nSPS) is 17.0. The van der Waals surface area contributed by atoms with Gasteiger partial charge in [0.15, 0.2) is 0 Å². The van der Waals surface area contributed by atoms with Crippen molar-refractivity contribution in [2.75, 3.05) is 38.7 Å². The fraction of sp³-hybridized carbons (Fsp3) is 0.471. The molecule has 1 aromatic rings. The number of amides is 2. The zero-order chi connectivity index (χ0) is 17.5. The summed E-state index contributed by atoms with van der Waals surface area (Å²) in [5, 5.41) is 2.76. The molecule has 1 unspecified atom stereocenters. The van der Waals surface area contributed by atoms with E-state index >= 15 is 0 Å². The number of carbonyl (C=O) groups is 3. The minimum Gasteiger partial charge on any atom is -0.462 e. The Kier molecular flexibility index (Phi) is 6.31. The average Bonchev–Trinajstić information content (AvgIpc) is 2.94. The monoisotopic (exact) mass is 334 g/mol. The van der Waals surface area contributed by atoms with E-state index in [9.17, 15) is 14.4 Å². The predicted octanol–water partition coefficient (Wildman–Crippen LogP) is 1.30. The summed E-state index contributed by atoms with van der Waals surface area (Å²) < 4.78 is 9.90. The largest absolute Gasteiger partial charge is 0.462 e. The Morgan fingerprint density at radius 2 is 2.17 bits per heavy atom. The molecule has 0 saturated carbocycles. The summed E-state index contributed by atoms with van der Waals surface area (Å²) >= 11 is 0. The van der Waals surface area contributed by atoms with Gasteiger partial charge in [-0.25, -0.2) is 4.79 Å². The molecule has 0 radical (unpaired) electrons. The van der Waals surface area contributed by atoms with Gasteiger partial charge in [-0.1, -0.05) is 6.07 Å². The third-order valence-electron chi connectivity index (χ3n) is 3.79. The number of nitrogens with zero attached hydrogens (tertiary/aromatic N) is 1. The zero-order valence-electron chi connectivity index (χ0n) is 13.9. The maximum Gasteiger partial charge on any atom is 0.338 e. The number of hydrogen-bond donors (Lipinski definition) is 1. The molecule has 130 valence electrons. The predicted molar refractivity (Wildman–Crippen MR) is 87.6 cm³/mol. The van der Waals surface area contributed by atoms with E-state index in [4.69, 9.17) is 9.47 Å². The first-order valence-electron chi connectivity index (χ1n) is 7.90. The molecule has 7 nitrogen and oxygen atoms in total. The molecule has 0 spiro atoms. The van der Waals surface area contributed by atoms with E-state index in [1.165, 1.54) is 0 Å². The lowest BCUT2D eigenvalue weighted by Gasteiger charge is -2.16. The number of ether oxygens (including phenoxy) is 2. The van der Waals surface area contributed by atoms with Gasteiger partial charge in [-0.05, 0) is 25.1 Å². The number of esters is 1. The maximum absolute atomic E-state index is 12.3. The molecule has 1 aromatic carbocycles. The summed E-state index contributed by atoms with van der Waals surface area (Å²) in [7, 11) is 1.57. The van der Waals surface area contributed by atoms with E-state index in [0.29, 0.717) is 30.9 Å². The van der Waals surface area contributed by atoms with Gasteiger partial charge in [-0.2, -0.15) is 0 Å². The topological polar surface area (TPSA) is 84.9 Å². The van der Waals surface area contributed by atoms with E-state index in [1.54, 1.807) is 43.2 Å². The van der Waals surface area contributed by atoms with Crippen molar-refractivity contribution in [2.45, 2.75) is 13.3 Å². The van der Waals surface area contributed by atoms with Gasteiger partial charge in [0.25, 0.3) is 0 Å². The van der Waals surface area contributed by atoms with Crippen molar-refractivity contribution in [1.29, 1.82) is 0 Å². The van der Waals surface area contributed by atoms with Gasteiger partial charge >= 0.3 is 5.97 Å². The molecular weight excluding hydrogens is 312 g/mol. The van der Waals surface area contributed by atoms with Crippen molar-refractivity contribution in [3.63, 3.8) is 0 Å². The van der Waals surface area contributed by atoms with Crippen molar-refractivity contribution in [1.82, 2.24) is 4.90 Å². The number of hydrogen-bond acceptors (Lipinski definition) is 5. The molecule has 0 bridgehead atoms. The Morgan fingerprint density at radius 1 is 1.38 bits per heavy atom. The summed E-state index contributed by atoms with van der Waals surface area (Å²) in [5.74, 6) is -1.12. The number of benzene rings is 1. The van der Waals surface area contributed by atoms with Crippen LogP contribution in [0.15, 0.2) is 24.3 Å².